The van der Waals surface area contributed by atoms with Crippen LogP contribution in [-0.2, 0) is 24.7 Å². The van der Waals surface area contributed by atoms with Gasteiger partial charge in [0, 0.05) is 134 Å². The Morgan fingerprint density at radius 2 is 0.688 bits per heavy atom. The molecule has 93 heavy (non-hydrogen) atoms. The van der Waals surface area contributed by atoms with Crippen LogP contribution in [0.5, 0.6) is 0 Å². The Balaban J connectivity index is 1.06. The molecule has 4 aromatic heterocycles. The number of hydrogen-bond donors (Lipinski definition) is 9. The predicted octanol–water partition coefficient (Wildman–Crippen LogP) is 13.1. The second kappa shape index (κ2) is 23.4. The number of hydrogen-bond acceptors (Lipinski definition) is 5. The van der Waals surface area contributed by atoms with Crippen molar-refractivity contribution in [3.8, 4) is 0 Å². The summed E-state index contributed by atoms with van der Waals surface area (Å²) < 4.78 is 0. The zero-order valence-electron chi connectivity index (χ0n) is 52.0. The van der Waals surface area contributed by atoms with Crippen LogP contribution in [0.2, 0.25) is 0 Å². The minimum Gasteiger partial charge on any atom is -0.369 e. The molecule has 8 aromatic carbocycles. The number of carbonyl (C=O) groups is 3. The second-order valence-corrected chi connectivity index (χ2v) is 26.0. The van der Waals surface area contributed by atoms with Crippen LogP contribution < -0.4 is 42.7 Å². The van der Waals surface area contributed by atoms with Crippen molar-refractivity contribution in [1.82, 2.24) is 19.9 Å². The quantitative estimate of drug-likeness (QED) is 0.0731. The van der Waals surface area contributed by atoms with Gasteiger partial charge in [0.05, 0.1) is 0 Å². The van der Waals surface area contributed by atoms with Gasteiger partial charge in [-0.3, -0.25) is 14.4 Å². The van der Waals surface area contributed by atoms with Crippen molar-refractivity contribution in [2.24, 2.45) is 5.41 Å². The van der Waals surface area contributed by atoms with E-state index in [0.29, 0.717) is 64.3 Å². The van der Waals surface area contributed by atoms with Crippen molar-refractivity contribution in [1.29, 1.82) is 0 Å². The normalized spacial score (nSPS) is 16.1. The van der Waals surface area contributed by atoms with Gasteiger partial charge in [-0.15, -0.1) is 0 Å². The van der Waals surface area contributed by atoms with Crippen molar-refractivity contribution in [2.75, 3.05) is 21.3 Å². The number of amides is 3. The first-order chi connectivity index (χ1) is 45.1. The fourth-order valence-corrected chi connectivity index (χ4v) is 13.9. The van der Waals surface area contributed by atoms with Crippen LogP contribution in [0.25, 0.3) is 22.3 Å². The molecule has 9 N–H and O–H groups in total. The van der Waals surface area contributed by atoms with Gasteiger partial charge >= 0.3 is 0 Å². The molecule has 0 aliphatic carbocycles. The molecule has 0 fully saturated rings. The highest BCUT2D eigenvalue weighted by Crippen LogP contribution is 2.38. The van der Waals surface area contributed by atoms with Crippen LogP contribution >= 0.6 is 0 Å². The Bertz CT molecular complexity index is 5260. The Morgan fingerprint density at radius 3 is 1.09 bits per heavy atom. The van der Waals surface area contributed by atoms with Gasteiger partial charge in [0.2, 0.25) is 0 Å². The minimum atomic E-state index is -1.14. The maximum absolute atomic E-state index is 14.9. The van der Waals surface area contributed by atoms with Gasteiger partial charge in [0.15, 0.2) is 6.23 Å². The number of aliphatic hydroxyl groups excluding tert-OH is 1. The van der Waals surface area contributed by atoms with E-state index in [-0.39, 0.29) is 23.1 Å². The van der Waals surface area contributed by atoms with E-state index in [0.717, 1.165) is 111 Å². The SMILES string of the molecule is CC1(C)Cc2cccc(c2)C(=O)Nc2ccccc2C2=c3ccc([nH]3)=C3c4ccc([nH]4)C(=c4ccc([nH]4)=C(c4ccc2[nH]4)c2ccccc2NC(O)c2cccc(c2)C(C)(C)Cc2cccc(c2)C(=O)Nc2ccccc23)c2ccccc2NC(=O)c2cccc(c2)C1. The standard InChI is InChI=1S/C81H68N8O4/c1-80(2)45-48-17-13-20-51(41-48)76(90)86-60-29-9-5-25-56(60)72-64-33-35-68(82-64)74-58-27-7-11-31-62(58)88-78(92)53-22-15-19-50(43-53)47-81(3,4)55-24-16-23-54(44-55)79(93)89-63-32-12-8-28-59(63)75(70-39-37-66(72)84-70)71-40-38-67(85-71)73(65-34-36-69(74)83-65)57-26-6-10-30-61(57)87-77(91)52-21-14-18-49(42-52)46-80/h5-44,79,82-85,89,93H,45-47H2,1-4H3,(H,86,90)(H,87,91)(H,88,92). The Morgan fingerprint density at radius 1 is 0.344 bits per heavy atom. The molecule has 0 spiro atoms. The molecule has 17 rings (SSSR count). The van der Waals surface area contributed by atoms with Crippen LogP contribution in [0.3, 0.4) is 0 Å². The van der Waals surface area contributed by atoms with Gasteiger partial charge in [0.1, 0.15) is 0 Å². The molecule has 456 valence electrons. The van der Waals surface area contributed by atoms with Crippen molar-refractivity contribution in [3.63, 3.8) is 0 Å². The van der Waals surface area contributed by atoms with Gasteiger partial charge in [-0.2, -0.15) is 0 Å². The molecule has 3 amide bonds. The number of H-pyrrole nitrogens is 4. The first kappa shape index (κ1) is 57.9. The molecule has 20 bridgehead atoms. The number of rotatable bonds is 0. The smallest absolute Gasteiger partial charge is 0.255 e. The molecule has 1 unspecified atom stereocenters. The predicted molar refractivity (Wildman–Crippen MR) is 370 cm³/mol. The molecule has 0 saturated carbocycles. The molecule has 5 aliphatic heterocycles. The van der Waals surface area contributed by atoms with Crippen LogP contribution in [0.4, 0.5) is 22.7 Å². The van der Waals surface area contributed by atoms with E-state index < -0.39 is 11.6 Å². The summed E-state index contributed by atoms with van der Waals surface area (Å²) in [4.78, 5) is 60.5. The van der Waals surface area contributed by atoms with E-state index in [1.54, 1.807) is 0 Å². The fourth-order valence-electron chi connectivity index (χ4n) is 13.9. The first-order valence-electron chi connectivity index (χ1n) is 31.6. The third-order valence-corrected chi connectivity index (χ3v) is 18.3. The fraction of sp³-hybridized carbons (Fsp3) is 0.123. The zero-order valence-corrected chi connectivity index (χ0v) is 52.0. The largest absolute Gasteiger partial charge is 0.369 e. The van der Waals surface area contributed by atoms with Gasteiger partial charge in [-0.1, -0.05) is 161 Å². The van der Waals surface area contributed by atoms with E-state index in [4.69, 9.17) is 0 Å². The van der Waals surface area contributed by atoms with Crippen LogP contribution in [0.1, 0.15) is 138 Å². The average molecular weight is 1220 g/mol. The van der Waals surface area contributed by atoms with Gasteiger partial charge in [0.25, 0.3) is 17.7 Å². The third kappa shape index (κ3) is 11.3. The van der Waals surface area contributed by atoms with Crippen LogP contribution in [-0.4, -0.2) is 42.8 Å². The highest BCUT2D eigenvalue weighted by Gasteiger charge is 2.28. The lowest BCUT2D eigenvalue weighted by Crippen LogP contribution is -2.22. The summed E-state index contributed by atoms with van der Waals surface area (Å²) in [5, 5.41) is 29.0. The maximum atomic E-state index is 14.9. The van der Waals surface area contributed by atoms with Crippen molar-refractivity contribution >= 4 is 62.8 Å². The summed E-state index contributed by atoms with van der Waals surface area (Å²) in [5.41, 5.74) is 17.0. The number of anilines is 4. The lowest BCUT2D eigenvalue weighted by molar-refractivity contribution is 0.101. The topological polar surface area (TPSA) is 183 Å². The molecule has 0 saturated heterocycles. The van der Waals surface area contributed by atoms with Gasteiger partial charge in [-0.05, 0) is 162 Å². The molecule has 9 heterocycles. The van der Waals surface area contributed by atoms with Crippen molar-refractivity contribution in [2.45, 2.75) is 58.6 Å². The molecule has 5 aliphatic rings. The second-order valence-electron chi connectivity index (χ2n) is 26.0. The highest BCUT2D eigenvalue weighted by molar-refractivity contribution is 6.08. The van der Waals surface area contributed by atoms with Crippen molar-refractivity contribution < 1.29 is 19.5 Å². The van der Waals surface area contributed by atoms with Crippen molar-refractivity contribution in [3.05, 3.63) is 354 Å². The lowest BCUT2D eigenvalue weighted by Gasteiger charge is -2.27. The lowest BCUT2D eigenvalue weighted by atomic mass is 9.78. The summed E-state index contributed by atoms with van der Waals surface area (Å²) in [6.45, 7) is 8.80. The van der Waals surface area contributed by atoms with E-state index in [2.05, 4.69) is 154 Å². The van der Waals surface area contributed by atoms with E-state index >= 15 is 0 Å². The third-order valence-electron chi connectivity index (χ3n) is 18.3. The molecular weight excluding hydrogens is 1150 g/mol. The van der Waals surface area contributed by atoms with Crippen LogP contribution in [0, 0.1) is 5.41 Å². The molecule has 12 aromatic rings. The number of fused-ring (bicyclic) bond motifs is 7. The van der Waals surface area contributed by atoms with E-state index in [9.17, 15) is 19.5 Å². The zero-order chi connectivity index (χ0) is 63.5. The maximum Gasteiger partial charge on any atom is 0.255 e. The Labute approximate surface area is 538 Å². The number of para-hydroxylation sites is 4. The highest BCUT2D eigenvalue weighted by atomic mass is 16.3. The molecule has 12 nitrogen and oxygen atoms in total. The van der Waals surface area contributed by atoms with Gasteiger partial charge in [-0.25, -0.2) is 0 Å². The first-order valence-corrected chi connectivity index (χ1v) is 31.6. The summed E-state index contributed by atoms with van der Waals surface area (Å²) >= 11 is 0. The summed E-state index contributed by atoms with van der Waals surface area (Å²) in [6, 6.07) is 79.7. The monoisotopic (exact) mass is 1220 g/mol. The molecule has 12 heteroatoms. The number of aromatic nitrogens is 4. The Kier molecular flexibility index (Phi) is 14.6. The van der Waals surface area contributed by atoms with E-state index in [1.165, 1.54) is 0 Å². The molecular formula is C81H68N8O4. The summed E-state index contributed by atoms with van der Waals surface area (Å²) in [7, 11) is 0. The van der Waals surface area contributed by atoms with E-state index in [1.807, 2.05) is 158 Å². The number of benzene rings is 8. The number of carbonyl (C=O) groups excluding carboxylic acids is 3. The molecule has 0 radical (unpaired) electrons. The number of aromatic amines is 4. The van der Waals surface area contributed by atoms with Crippen LogP contribution in [0.15, 0.2) is 243 Å². The average Bonchev–Trinajstić information content (AvgIpc) is 1.67. The minimum absolute atomic E-state index is 0.256. The Hall–Kier alpha value is -11.5. The number of aliphatic hydroxyl groups is 1. The van der Waals surface area contributed by atoms with Gasteiger partial charge < -0.3 is 46.3 Å². The summed E-state index contributed by atoms with van der Waals surface area (Å²) in [5.74, 6) is -0.807. The molecule has 1 atom stereocenters. The summed E-state index contributed by atoms with van der Waals surface area (Å²) in [6.07, 6.45) is 0.822. The number of nitrogens with one attached hydrogen (secondary N) is 8.